The Hall–Kier alpha value is -1.41. The van der Waals surface area contributed by atoms with Gasteiger partial charge in [-0.25, -0.2) is 8.42 Å². The fourth-order valence-corrected chi connectivity index (χ4v) is 4.72. The molecule has 25 heavy (non-hydrogen) atoms. The molecule has 0 spiro atoms. The first kappa shape index (κ1) is 18.4. The fourth-order valence-electron chi connectivity index (χ4n) is 3.06. The maximum Gasteiger partial charge on any atom is 0.243 e. The van der Waals surface area contributed by atoms with Gasteiger partial charge < -0.3 is 0 Å². The summed E-state index contributed by atoms with van der Waals surface area (Å²) in [5.74, 6) is 0. The van der Waals surface area contributed by atoms with Gasteiger partial charge in [0.15, 0.2) is 0 Å². The van der Waals surface area contributed by atoms with Gasteiger partial charge in [0.25, 0.3) is 0 Å². The molecule has 0 unspecified atom stereocenters. The monoisotopic (exact) mass is 382 g/mol. The Kier molecular flexibility index (Phi) is 5.20. The van der Waals surface area contributed by atoms with Gasteiger partial charge in [-0.2, -0.15) is 9.40 Å². The lowest BCUT2D eigenvalue weighted by molar-refractivity contribution is 0.181. The van der Waals surface area contributed by atoms with Gasteiger partial charge in [-0.15, -0.1) is 0 Å². The van der Waals surface area contributed by atoms with Crippen molar-refractivity contribution in [2.24, 2.45) is 7.05 Å². The molecule has 2 heterocycles. The van der Waals surface area contributed by atoms with Crippen molar-refractivity contribution in [3.8, 4) is 0 Å². The Balaban J connectivity index is 1.66. The first-order valence-corrected chi connectivity index (χ1v) is 10.1. The van der Waals surface area contributed by atoms with Crippen LogP contribution in [0, 0.1) is 13.8 Å². The van der Waals surface area contributed by atoms with Crippen LogP contribution in [-0.2, 0) is 23.6 Å². The predicted octanol–water partition coefficient (Wildman–Crippen LogP) is 2.20. The number of halogens is 1. The van der Waals surface area contributed by atoms with Crippen molar-refractivity contribution in [3.05, 3.63) is 46.2 Å². The van der Waals surface area contributed by atoms with E-state index in [1.807, 2.05) is 33.0 Å². The van der Waals surface area contributed by atoms with Gasteiger partial charge in [-0.1, -0.05) is 29.3 Å². The van der Waals surface area contributed by atoms with E-state index in [2.05, 4.69) is 10.00 Å². The Labute approximate surface area is 154 Å². The van der Waals surface area contributed by atoms with Crippen LogP contribution in [0.1, 0.15) is 16.8 Å². The number of hydrogen-bond acceptors (Lipinski definition) is 4. The highest BCUT2D eigenvalue weighted by Crippen LogP contribution is 2.23. The van der Waals surface area contributed by atoms with Crippen LogP contribution in [0.4, 0.5) is 0 Å². The molecule has 1 aliphatic rings. The molecule has 6 nitrogen and oxygen atoms in total. The standard InChI is InChI=1S/C17H23ClN4O2S/c1-13-4-6-15(7-5-13)25(23,24)22-10-8-21(9-11-22)12-16-14(2)19-20(3)17(16)18/h4-7H,8-12H2,1-3H3. The zero-order valence-corrected chi connectivity index (χ0v) is 16.3. The zero-order chi connectivity index (χ0) is 18.2. The third kappa shape index (κ3) is 3.74. The summed E-state index contributed by atoms with van der Waals surface area (Å²) in [5, 5.41) is 4.97. The summed E-state index contributed by atoms with van der Waals surface area (Å²) < 4.78 is 28.7. The molecule has 1 aliphatic heterocycles. The molecule has 0 radical (unpaired) electrons. The molecule has 0 bridgehead atoms. The van der Waals surface area contributed by atoms with Crippen LogP contribution >= 0.6 is 11.6 Å². The van der Waals surface area contributed by atoms with E-state index in [1.54, 1.807) is 21.1 Å². The van der Waals surface area contributed by atoms with Crippen molar-refractivity contribution < 1.29 is 8.42 Å². The Morgan fingerprint density at radius 2 is 1.68 bits per heavy atom. The predicted molar refractivity (Wildman–Crippen MR) is 98.2 cm³/mol. The lowest BCUT2D eigenvalue weighted by Crippen LogP contribution is -2.48. The Bertz CT molecular complexity index is 854. The average Bonchev–Trinajstić information content (AvgIpc) is 2.82. The highest BCUT2D eigenvalue weighted by atomic mass is 35.5. The molecule has 0 atom stereocenters. The average molecular weight is 383 g/mol. The number of aryl methyl sites for hydroxylation is 3. The first-order valence-electron chi connectivity index (χ1n) is 8.26. The quantitative estimate of drug-likeness (QED) is 0.813. The summed E-state index contributed by atoms with van der Waals surface area (Å²) in [6, 6.07) is 7.01. The van der Waals surface area contributed by atoms with Gasteiger partial charge in [0, 0.05) is 45.3 Å². The second-order valence-electron chi connectivity index (χ2n) is 6.47. The minimum absolute atomic E-state index is 0.359. The molecular weight excluding hydrogens is 360 g/mol. The van der Waals surface area contributed by atoms with Gasteiger partial charge in [0.2, 0.25) is 10.0 Å². The molecule has 1 fully saturated rings. The molecular formula is C17H23ClN4O2S. The lowest BCUT2D eigenvalue weighted by atomic mass is 10.2. The van der Waals surface area contributed by atoms with Crippen LogP contribution in [0.15, 0.2) is 29.2 Å². The van der Waals surface area contributed by atoms with Crippen LogP contribution in [-0.4, -0.2) is 53.6 Å². The largest absolute Gasteiger partial charge is 0.296 e. The van der Waals surface area contributed by atoms with Crippen molar-refractivity contribution in [1.29, 1.82) is 0 Å². The van der Waals surface area contributed by atoms with Gasteiger partial charge in [0.05, 0.1) is 10.6 Å². The van der Waals surface area contributed by atoms with Gasteiger partial charge in [0.1, 0.15) is 5.15 Å². The molecule has 0 aliphatic carbocycles. The van der Waals surface area contributed by atoms with Crippen LogP contribution in [0.3, 0.4) is 0 Å². The second-order valence-corrected chi connectivity index (χ2v) is 8.77. The van der Waals surface area contributed by atoms with Crippen LogP contribution in [0.5, 0.6) is 0 Å². The maximum atomic E-state index is 12.7. The number of hydrogen-bond donors (Lipinski definition) is 0. The van der Waals surface area contributed by atoms with Crippen LogP contribution < -0.4 is 0 Å². The Morgan fingerprint density at radius 1 is 1.08 bits per heavy atom. The van der Waals surface area contributed by atoms with Gasteiger partial charge in [-0.3, -0.25) is 9.58 Å². The molecule has 8 heteroatoms. The van der Waals surface area contributed by atoms with Crippen molar-refractivity contribution >= 4 is 21.6 Å². The zero-order valence-electron chi connectivity index (χ0n) is 14.7. The van der Waals surface area contributed by atoms with E-state index in [0.29, 0.717) is 42.8 Å². The smallest absolute Gasteiger partial charge is 0.243 e. The maximum absolute atomic E-state index is 12.7. The van der Waals surface area contributed by atoms with Crippen molar-refractivity contribution in [1.82, 2.24) is 19.0 Å². The van der Waals surface area contributed by atoms with Crippen molar-refractivity contribution in [2.75, 3.05) is 26.2 Å². The van der Waals surface area contributed by atoms with E-state index in [0.717, 1.165) is 16.8 Å². The van der Waals surface area contributed by atoms with Crippen molar-refractivity contribution in [2.45, 2.75) is 25.3 Å². The summed E-state index contributed by atoms with van der Waals surface area (Å²) in [6.07, 6.45) is 0. The molecule has 2 aromatic rings. The molecule has 0 saturated carbocycles. The van der Waals surface area contributed by atoms with Gasteiger partial charge in [-0.05, 0) is 26.0 Å². The SMILES string of the molecule is Cc1ccc(S(=O)(=O)N2CCN(Cc3c(C)nn(C)c3Cl)CC2)cc1. The van der Waals surface area contributed by atoms with E-state index >= 15 is 0 Å². The number of aromatic nitrogens is 2. The molecule has 1 aromatic heterocycles. The molecule has 1 saturated heterocycles. The fraction of sp³-hybridized carbons (Fsp3) is 0.471. The molecule has 0 amide bonds. The van der Waals surface area contributed by atoms with E-state index in [4.69, 9.17) is 11.6 Å². The summed E-state index contributed by atoms with van der Waals surface area (Å²) in [4.78, 5) is 2.58. The van der Waals surface area contributed by atoms with E-state index < -0.39 is 10.0 Å². The number of sulfonamides is 1. The minimum Gasteiger partial charge on any atom is -0.296 e. The number of piperazine rings is 1. The topological polar surface area (TPSA) is 58.4 Å². The van der Waals surface area contributed by atoms with Crippen LogP contribution in [0.25, 0.3) is 0 Å². The molecule has 0 N–H and O–H groups in total. The summed E-state index contributed by atoms with van der Waals surface area (Å²) in [7, 11) is -1.60. The number of benzene rings is 1. The van der Waals surface area contributed by atoms with Gasteiger partial charge >= 0.3 is 0 Å². The lowest BCUT2D eigenvalue weighted by Gasteiger charge is -2.34. The third-order valence-electron chi connectivity index (χ3n) is 4.64. The van der Waals surface area contributed by atoms with Crippen molar-refractivity contribution in [3.63, 3.8) is 0 Å². The number of rotatable bonds is 4. The Morgan fingerprint density at radius 3 is 2.20 bits per heavy atom. The number of nitrogens with zero attached hydrogens (tertiary/aromatic N) is 4. The summed E-state index contributed by atoms with van der Waals surface area (Å²) >= 11 is 6.29. The minimum atomic E-state index is -3.42. The highest BCUT2D eigenvalue weighted by Gasteiger charge is 2.29. The normalized spacial score (nSPS) is 17.1. The molecule has 3 rings (SSSR count). The molecule has 1 aromatic carbocycles. The third-order valence-corrected chi connectivity index (χ3v) is 7.03. The first-order chi connectivity index (χ1) is 11.8. The second kappa shape index (κ2) is 7.07. The van der Waals surface area contributed by atoms with E-state index in [1.165, 1.54) is 0 Å². The highest BCUT2D eigenvalue weighted by molar-refractivity contribution is 7.89. The van der Waals surface area contributed by atoms with E-state index in [-0.39, 0.29) is 0 Å². The van der Waals surface area contributed by atoms with Crippen LogP contribution in [0.2, 0.25) is 5.15 Å². The van der Waals surface area contributed by atoms with E-state index in [9.17, 15) is 8.42 Å². The summed E-state index contributed by atoms with van der Waals surface area (Å²) in [5.41, 5.74) is 2.98. The molecule has 136 valence electrons. The summed E-state index contributed by atoms with van der Waals surface area (Å²) in [6.45, 7) is 6.89.